The zero-order chi connectivity index (χ0) is 14.6. The Kier molecular flexibility index (Phi) is 4.29. The average molecular weight is 277 g/mol. The fraction of sp³-hybridized carbons (Fsp3) is 0.400. The van der Waals surface area contributed by atoms with Crippen molar-refractivity contribution in [1.29, 1.82) is 0 Å². The molecule has 1 amide bonds. The van der Waals surface area contributed by atoms with Crippen LogP contribution in [0, 0.1) is 0 Å². The van der Waals surface area contributed by atoms with Gasteiger partial charge >= 0.3 is 0 Å². The van der Waals surface area contributed by atoms with Crippen LogP contribution in [0.2, 0.25) is 0 Å². The molecule has 0 atom stereocenters. The van der Waals surface area contributed by atoms with Crippen LogP contribution in [-0.2, 0) is 4.79 Å². The van der Waals surface area contributed by atoms with Crippen molar-refractivity contribution in [2.75, 3.05) is 13.4 Å². The molecular weight excluding hydrogens is 258 g/mol. The van der Waals surface area contributed by atoms with Crippen LogP contribution in [0.25, 0.3) is 6.08 Å². The molecule has 1 aliphatic rings. The van der Waals surface area contributed by atoms with Gasteiger partial charge in [0.05, 0.1) is 0 Å². The predicted molar refractivity (Wildman–Crippen MR) is 75.5 cm³/mol. The highest BCUT2D eigenvalue weighted by atomic mass is 16.7. The standard InChI is InChI=1S/C15H19NO4/c1-15(2,7-8-17)16-14(18)6-4-11-3-5-12-13(9-11)20-10-19-12/h3-6,9,17H,7-8,10H2,1-2H3,(H,16,18)/b6-4+. The largest absolute Gasteiger partial charge is 0.454 e. The molecule has 108 valence electrons. The third kappa shape index (κ3) is 3.74. The first kappa shape index (κ1) is 14.4. The number of fused-ring (bicyclic) bond motifs is 1. The molecule has 20 heavy (non-hydrogen) atoms. The molecule has 1 aromatic carbocycles. The predicted octanol–water partition coefficient (Wildman–Crippen LogP) is 1.71. The van der Waals surface area contributed by atoms with Crippen molar-refractivity contribution in [1.82, 2.24) is 5.32 Å². The van der Waals surface area contributed by atoms with Crippen molar-refractivity contribution in [2.24, 2.45) is 0 Å². The Labute approximate surface area is 118 Å². The van der Waals surface area contributed by atoms with E-state index < -0.39 is 5.54 Å². The van der Waals surface area contributed by atoms with Crippen molar-refractivity contribution in [3.63, 3.8) is 0 Å². The van der Waals surface area contributed by atoms with Gasteiger partial charge in [-0.25, -0.2) is 0 Å². The van der Waals surface area contributed by atoms with Crippen LogP contribution in [-0.4, -0.2) is 30.0 Å². The van der Waals surface area contributed by atoms with Gasteiger partial charge in [0, 0.05) is 18.2 Å². The number of nitrogens with one attached hydrogen (secondary N) is 1. The van der Waals surface area contributed by atoms with Crippen LogP contribution >= 0.6 is 0 Å². The second kappa shape index (κ2) is 5.96. The van der Waals surface area contributed by atoms with E-state index >= 15 is 0 Å². The van der Waals surface area contributed by atoms with E-state index in [-0.39, 0.29) is 19.3 Å². The van der Waals surface area contributed by atoms with Gasteiger partial charge < -0.3 is 19.9 Å². The lowest BCUT2D eigenvalue weighted by Gasteiger charge is -2.24. The van der Waals surface area contributed by atoms with Crippen LogP contribution in [0.1, 0.15) is 25.8 Å². The first-order valence-electron chi connectivity index (χ1n) is 6.51. The summed E-state index contributed by atoms with van der Waals surface area (Å²) in [5.74, 6) is 1.21. The Morgan fingerprint density at radius 1 is 1.40 bits per heavy atom. The number of hydrogen-bond acceptors (Lipinski definition) is 4. The van der Waals surface area contributed by atoms with Crippen molar-refractivity contribution in [2.45, 2.75) is 25.8 Å². The number of amides is 1. The summed E-state index contributed by atoms with van der Waals surface area (Å²) in [5, 5.41) is 11.8. The van der Waals surface area contributed by atoms with Crippen LogP contribution in [0.5, 0.6) is 11.5 Å². The van der Waals surface area contributed by atoms with Gasteiger partial charge in [0.1, 0.15) is 0 Å². The number of rotatable bonds is 5. The second-order valence-electron chi connectivity index (χ2n) is 5.29. The van der Waals surface area contributed by atoms with E-state index in [9.17, 15) is 4.79 Å². The molecule has 0 spiro atoms. The Bertz CT molecular complexity index is 523. The molecule has 1 aliphatic heterocycles. The summed E-state index contributed by atoms with van der Waals surface area (Å²) in [4.78, 5) is 11.8. The smallest absolute Gasteiger partial charge is 0.244 e. The van der Waals surface area contributed by atoms with Gasteiger partial charge in [-0.2, -0.15) is 0 Å². The number of hydrogen-bond donors (Lipinski definition) is 2. The normalized spacial score (nSPS) is 13.8. The van der Waals surface area contributed by atoms with Gasteiger partial charge in [0.25, 0.3) is 0 Å². The SMILES string of the molecule is CC(C)(CCO)NC(=O)/C=C/c1ccc2c(c1)OCO2. The number of benzene rings is 1. The molecule has 1 aromatic rings. The maximum Gasteiger partial charge on any atom is 0.244 e. The molecule has 5 heteroatoms. The number of carbonyl (C=O) groups is 1. The highest BCUT2D eigenvalue weighted by molar-refractivity contribution is 5.92. The summed E-state index contributed by atoms with van der Waals surface area (Å²) in [6.07, 6.45) is 3.69. The third-order valence-electron chi connectivity index (χ3n) is 3.02. The molecule has 0 saturated heterocycles. The lowest BCUT2D eigenvalue weighted by atomic mass is 10.0. The highest BCUT2D eigenvalue weighted by Gasteiger charge is 2.18. The molecule has 0 unspecified atom stereocenters. The van der Waals surface area contributed by atoms with Crippen LogP contribution in [0.3, 0.4) is 0 Å². The fourth-order valence-corrected chi connectivity index (χ4v) is 1.91. The second-order valence-corrected chi connectivity index (χ2v) is 5.29. The van der Waals surface area contributed by atoms with Gasteiger partial charge in [-0.3, -0.25) is 4.79 Å². The minimum absolute atomic E-state index is 0.0408. The summed E-state index contributed by atoms with van der Waals surface area (Å²) in [6, 6.07) is 5.50. The molecule has 0 radical (unpaired) electrons. The lowest BCUT2D eigenvalue weighted by Crippen LogP contribution is -2.43. The summed E-state index contributed by atoms with van der Waals surface area (Å²) in [7, 11) is 0. The molecule has 5 nitrogen and oxygen atoms in total. The van der Waals surface area contributed by atoms with E-state index in [1.54, 1.807) is 6.08 Å². The Morgan fingerprint density at radius 3 is 2.90 bits per heavy atom. The zero-order valence-corrected chi connectivity index (χ0v) is 11.7. The van der Waals surface area contributed by atoms with E-state index in [1.807, 2.05) is 32.0 Å². The number of ether oxygens (including phenoxy) is 2. The first-order chi connectivity index (χ1) is 9.50. The zero-order valence-electron chi connectivity index (χ0n) is 11.7. The van der Waals surface area contributed by atoms with Crippen LogP contribution < -0.4 is 14.8 Å². The minimum atomic E-state index is -0.426. The van der Waals surface area contributed by atoms with Crippen molar-refractivity contribution in [3.8, 4) is 11.5 Å². The molecule has 0 saturated carbocycles. The molecule has 2 rings (SSSR count). The molecule has 1 heterocycles. The van der Waals surface area contributed by atoms with Crippen molar-refractivity contribution in [3.05, 3.63) is 29.8 Å². The van der Waals surface area contributed by atoms with Gasteiger partial charge in [-0.15, -0.1) is 0 Å². The van der Waals surface area contributed by atoms with Crippen LogP contribution in [0.15, 0.2) is 24.3 Å². The van der Waals surface area contributed by atoms with Gasteiger partial charge in [0.15, 0.2) is 11.5 Å². The number of carbonyl (C=O) groups excluding carboxylic acids is 1. The maximum atomic E-state index is 11.8. The van der Waals surface area contributed by atoms with E-state index in [2.05, 4.69) is 5.32 Å². The fourth-order valence-electron chi connectivity index (χ4n) is 1.91. The highest BCUT2D eigenvalue weighted by Crippen LogP contribution is 2.32. The first-order valence-corrected chi connectivity index (χ1v) is 6.51. The van der Waals surface area contributed by atoms with Crippen LogP contribution in [0.4, 0.5) is 0 Å². The Morgan fingerprint density at radius 2 is 2.15 bits per heavy atom. The molecule has 0 aliphatic carbocycles. The molecular formula is C15H19NO4. The molecule has 2 N–H and O–H groups in total. The number of aliphatic hydroxyl groups is 1. The third-order valence-corrected chi connectivity index (χ3v) is 3.02. The average Bonchev–Trinajstić information content (AvgIpc) is 2.82. The Hall–Kier alpha value is -2.01. The molecule has 0 bridgehead atoms. The topological polar surface area (TPSA) is 67.8 Å². The maximum absolute atomic E-state index is 11.8. The molecule has 0 aromatic heterocycles. The van der Waals surface area contributed by atoms with E-state index in [0.717, 1.165) is 11.3 Å². The summed E-state index contributed by atoms with van der Waals surface area (Å²) < 4.78 is 10.5. The number of aliphatic hydroxyl groups excluding tert-OH is 1. The van der Waals surface area contributed by atoms with Gasteiger partial charge in [-0.1, -0.05) is 6.07 Å². The van der Waals surface area contributed by atoms with E-state index in [4.69, 9.17) is 14.6 Å². The Balaban J connectivity index is 1.97. The van der Waals surface area contributed by atoms with Gasteiger partial charge in [-0.05, 0) is 44.0 Å². The van der Waals surface area contributed by atoms with E-state index in [1.165, 1.54) is 6.08 Å². The van der Waals surface area contributed by atoms with E-state index in [0.29, 0.717) is 12.2 Å². The summed E-state index contributed by atoms with van der Waals surface area (Å²) >= 11 is 0. The summed E-state index contributed by atoms with van der Waals surface area (Å²) in [5.41, 5.74) is 0.440. The summed E-state index contributed by atoms with van der Waals surface area (Å²) in [6.45, 7) is 4.02. The van der Waals surface area contributed by atoms with Gasteiger partial charge in [0.2, 0.25) is 12.7 Å². The van der Waals surface area contributed by atoms with Crippen molar-refractivity contribution >= 4 is 12.0 Å². The minimum Gasteiger partial charge on any atom is -0.454 e. The molecule has 0 fully saturated rings. The quantitative estimate of drug-likeness (QED) is 0.804. The van der Waals surface area contributed by atoms with Crippen molar-refractivity contribution < 1.29 is 19.4 Å². The monoisotopic (exact) mass is 277 g/mol. The lowest BCUT2D eigenvalue weighted by molar-refractivity contribution is -0.118.